The highest BCUT2D eigenvalue weighted by Crippen LogP contribution is 2.50. The molecule has 1 fully saturated rings. The molecular formula is C12H10Cl2FN5. The number of nitrogens with two attached hydrogens (primary N) is 1. The minimum atomic E-state index is -0.476. The van der Waals surface area contributed by atoms with E-state index in [9.17, 15) is 4.39 Å². The van der Waals surface area contributed by atoms with Gasteiger partial charge < -0.3 is 11.1 Å². The van der Waals surface area contributed by atoms with E-state index in [0.29, 0.717) is 5.56 Å². The van der Waals surface area contributed by atoms with Gasteiger partial charge in [0.25, 0.3) is 0 Å². The molecule has 1 aromatic heterocycles. The first-order valence-electron chi connectivity index (χ1n) is 5.90. The number of benzene rings is 1. The van der Waals surface area contributed by atoms with Crippen molar-refractivity contribution in [2.45, 2.75) is 18.4 Å². The van der Waals surface area contributed by atoms with Crippen LogP contribution < -0.4 is 11.1 Å². The van der Waals surface area contributed by atoms with E-state index in [1.165, 1.54) is 6.07 Å². The highest BCUT2D eigenvalue weighted by atomic mass is 35.5. The number of rotatable bonds is 3. The van der Waals surface area contributed by atoms with Crippen molar-refractivity contribution in [1.82, 2.24) is 15.0 Å². The van der Waals surface area contributed by atoms with Gasteiger partial charge in [-0.15, -0.1) is 0 Å². The molecule has 1 saturated carbocycles. The van der Waals surface area contributed by atoms with Crippen molar-refractivity contribution in [2.24, 2.45) is 0 Å². The van der Waals surface area contributed by atoms with Gasteiger partial charge in [0.15, 0.2) is 0 Å². The predicted octanol–water partition coefficient (Wildman–Crippen LogP) is 3.00. The van der Waals surface area contributed by atoms with Crippen LogP contribution in [0.4, 0.5) is 16.3 Å². The summed E-state index contributed by atoms with van der Waals surface area (Å²) in [5.41, 5.74) is 5.72. The molecule has 1 heterocycles. The minimum Gasteiger partial charge on any atom is -0.368 e. The van der Waals surface area contributed by atoms with E-state index in [1.54, 1.807) is 12.1 Å². The molecule has 2 aromatic rings. The fraction of sp³-hybridized carbons (Fsp3) is 0.250. The van der Waals surface area contributed by atoms with Crippen LogP contribution in [-0.2, 0) is 5.54 Å². The molecule has 0 bridgehead atoms. The number of hydrogen-bond donors (Lipinski definition) is 2. The molecule has 20 heavy (non-hydrogen) atoms. The first-order chi connectivity index (χ1) is 9.50. The average Bonchev–Trinajstić information content (AvgIpc) is 3.12. The van der Waals surface area contributed by atoms with Crippen molar-refractivity contribution < 1.29 is 4.39 Å². The number of anilines is 2. The lowest BCUT2D eigenvalue weighted by Gasteiger charge is -2.19. The Morgan fingerprint density at radius 1 is 1.20 bits per heavy atom. The van der Waals surface area contributed by atoms with Crippen LogP contribution in [0.3, 0.4) is 0 Å². The topological polar surface area (TPSA) is 76.7 Å². The molecule has 1 aliphatic carbocycles. The third-order valence-corrected chi connectivity index (χ3v) is 3.75. The molecular weight excluding hydrogens is 304 g/mol. The number of nitrogens with one attached hydrogen (secondary N) is 1. The molecule has 0 atom stereocenters. The van der Waals surface area contributed by atoms with E-state index < -0.39 is 11.4 Å². The molecule has 1 aliphatic rings. The largest absolute Gasteiger partial charge is 0.368 e. The summed E-state index contributed by atoms with van der Waals surface area (Å²) in [5.74, 6) is -0.181. The highest BCUT2D eigenvalue weighted by Gasteiger charge is 2.46. The molecule has 0 aliphatic heterocycles. The Hall–Kier alpha value is -1.66. The van der Waals surface area contributed by atoms with Crippen LogP contribution in [0.25, 0.3) is 0 Å². The zero-order chi connectivity index (χ0) is 14.3. The Morgan fingerprint density at radius 2 is 1.95 bits per heavy atom. The van der Waals surface area contributed by atoms with Gasteiger partial charge in [0.1, 0.15) is 5.82 Å². The number of nitrogen functional groups attached to an aromatic ring is 1. The molecule has 104 valence electrons. The van der Waals surface area contributed by atoms with Crippen molar-refractivity contribution in [3.8, 4) is 0 Å². The molecule has 0 unspecified atom stereocenters. The van der Waals surface area contributed by atoms with Gasteiger partial charge in [0, 0.05) is 0 Å². The second-order valence-electron chi connectivity index (χ2n) is 4.59. The number of aromatic nitrogens is 3. The number of nitrogens with zero attached hydrogens (tertiary/aromatic N) is 3. The van der Waals surface area contributed by atoms with Gasteiger partial charge >= 0.3 is 0 Å². The summed E-state index contributed by atoms with van der Waals surface area (Å²) >= 11 is 11.8. The molecule has 0 saturated heterocycles. The van der Waals surface area contributed by atoms with E-state index in [4.69, 9.17) is 28.9 Å². The maximum Gasteiger partial charge on any atom is 0.229 e. The Bertz CT molecular complexity index is 655. The van der Waals surface area contributed by atoms with Gasteiger partial charge in [-0.1, -0.05) is 23.7 Å². The molecule has 8 heteroatoms. The summed E-state index contributed by atoms with van der Waals surface area (Å²) in [4.78, 5) is 11.6. The van der Waals surface area contributed by atoms with E-state index in [2.05, 4.69) is 20.3 Å². The smallest absolute Gasteiger partial charge is 0.229 e. The molecule has 0 amide bonds. The highest BCUT2D eigenvalue weighted by molar-refractivity contribution is 6.31. The van der Waals surface area contributed by atoms with Crippen molar-refractivity contribution in [3.05, 3.63) is 39.9 Å². The molecule has 3 N–H and O–H groups in total. The van der Waals surface area contributed by atoms with Crippen molar-refractivity contribution in [2.75, 3.05) is 11.1 Å². The normalized spacial score (nSPS) is 15.9. The van der Waals surface area contributed by atoms with Crippen LogP contribution >= 0.6 is 23.2 Å². The molecule has 3 rings (SSSR count). The number of hydrogen-bond acceptors (Lipinski definition) is 5. The lowest BCUT2D eigenvalue weighted by Crippen LogP contribution is -2.21. The third-order valence-electron chi connectivity index (χ3n) is 3.19. The van der Waals surface area contributed by atoms with Gasteiger partial charge in [-0.2, -0.15) is 15.0 Å². The maximum absolute atomic E-state index is 13.6. The summed E-state index contributed by atoms with van der Waals surface area (Å²) in [7, 11) is 0. The van der Waals surface area contributed by atoms with E-state index in [-0.39, 0.29) is 22.2 Å². The van der Waals surface area contributed by atoms with Gasteiger partial charge in [0.05, 0.1) is 10.6 Å². The molecule has 1 aromatic carbocycles. The van der Waals surface area contributed by atoms with Crippen molar-refractivity contribution in [3.63, 3.8) is 0 Å². The number of halogens is 3. The van der Waals surface area contributed by atoms with Crippen LogP contribution in [0.15, 0.2) is 18.2 Å². The van der Waals surface area contributed by atoms with Crippen LogP contribution in [0.1, 0.15) is 18.4 Å². The summed E-state index contributed by atoms with van der Waals surface area (Å²) in [6.07, 6.45) is 1.58. The van der Waals surface area contributed by atoms with E-state index in [1.807, 2.05) is 0 Å². The van der Waals surface area contributed by atoms with E-state index >= 15 is 0 Å². The minimum absolute atomic E-state index is 0.00105. The fourth-order valence-corrected chi connectivity index (χ4v) is 2.57. The lowest BCUT2D eigenvalue weighted by atomic mass is 10.0. The summed E-state index contributed by atoms with van der Waals surface area (Å²) in [6, 6.07) is 4.71. The molecule has 0 radical (unpaired) electrons. The summed E-state index contributed by atoms with van der Waals surface area (Å²) in [5, 5.41) is 3.22. The summed E-state index contributed by atoms with van der Waals surface area (Å²) in [6.45, 7) is 0. The molecule has 0 spiro atoms. The Labute approximate surface area is 124 Å². The van der Waals surface area contributed by atoms with Crippen LogP contribution in [0, 0.1) is 5.82 Å². The average molecular weight is 314 g/mol. The van der Waals surface area contributed by atoms with Gasteiger partial charge in [-0.05, 0) is 36.1 Å². The quantitative estimate of drug-likeness (QED) is 0.911. The Kier molecular flexibility index (Phi) is 3.14. The SMILES string of the molecule is Nc1nc(Cl)nc(NC2(c3cccc(F)c3Cl)CC2)n1. The zero-order valence-electron chi connectivity index (χ0n) is 10.2. The zero-order valence-corrected chi connectivity index (χ0v) is 11.7. The van der Waals surface area contributed by atoms with Crippen LogP contribution in [-0.4, -0.2) is 15.0 Å². The van der Waals surface area contributed by atoms with E-state index in [0.717, 1.165) is 12.8 Å². The first-order valence-corrected chi connectivity index (χ1v) is 6.65. The Morgan fingerprint density at radius 3 is 2.60 bits per heavy atom. The fourth-order valence-electron chi connectivity index (χ4n) is 2.10. The van der Waals surface area contributed by atoms with Crippen molar-refractivity contribution >= 4 is 35.1 Å². The first kappa shape index (κ1) is 13.3. The maximum atomic E-state index is 13.6. The van der Waals surface area contributed by atoms with Gasteiger partial charge in [-0.25, -0.2) is 4.39 Å². The second-order valence-corrected chi connectivity index (χ2v) is 5.31. The third kappa shape index (κ3) is 2.36. The monoisotopic (exact) mass is 313 g/mol. The summed E-state index contributed by atoms with van der Waals surface area (Å²) < 4.78 is 13.6. The Balaban J connectivity index is 1.95. The van der Waals surface area contributed by atoms with Crippen LogP contribution in [0.5, 0.6) is 0 Å². The second kappa shape index (κ2) is 4.71. The predicted molar refractivity (Wildman–Crippen MR) is 75.2 cm³/mol. The molecule has 5 nitrogen and oxygen atoms in total. The lowest BCUT2D eigenvalue weighted by molar-refractivity contribution is 0.621. The standard InChI is InChI=1S/C12H10Cl2FN5/c13-8-6(2-1-3-7(8)15)12(4-5-12)20-11-18-9(14)17-10(16)19-11/h1-3H,4-5H2,(H3,16,17,18,19,20). The van der Waals surface area contributed by atoms with Crippen molar-refractivity contribution in [1.29, 1.82) is 0 Å². The van der Waals surface area contributed by atoms with Crippen LogP contribution in [0.2, 0.25) is 10.3 Å². The van der Waals surface area contributed by atoms with Gasteiger partial charge in [-0.3, -0.25) is 0 Å². The van der Waals surface area contributed by atoms with Gasteiger partial charge in [0.2, 0.25) is 17.2 Å².